The van der Waals surface area contributed by atoms with Crippen LogP contribution in [-0.2, 0) is 20.6 Å². The molecular weight excluding hydrogens is 428 g/mol. The van der Waals surface area contributed by atoms with E-state index in [9.17, 15) is 18.1 Å². The predicted octanol–water partition coefficient (Wildman–Crippen LogP) is 4.39. The molecule has 3 aromatic rings. The van der Waals surface area contributed by atoms with Gasteiger partial charge in [0, 0.05) is 17.5 Å². The van der Waals surface area contributed by atoms with E-state index in [1.807, 2.05) is 0 Å². The molecule has 0 aliphatic carbocycles. The van der Waals surface area contributed by atoms with Crippen LogP contribution >= 0.6 is 0 Å². The van der Waals surface area contributed by atoms with E-state index in [-0.39, 0.29) is 29.7 Å². The molecule has 0 bridgehead atoms. The van der Waals surface area contributed by atoms with Crippen LogP contribution in [0.5, 0.6) is 0 Å². The van der Waals surface area contributed by atoms with Crippen molar-refractivity contribution in [3.05, 3.63) is 66.0 Å². The van der Waals surface area contributed by atoms with Crippen LogP contribution in [0.25, 0.3) is 11.4 Å². The second kappa shape index (κ2) is 9.67. The molecule has 0 aliphatic rings. The van der Waals surface area contributed by atoms with Gasteiger partial charge in [0.25, 0.3) is 0 Å². The Labute approximate surface area is 178 Å². The van der Waals surface area contributed by atoms with Gasteiger partial charge in [-0.25, -0.2) is 23.5 Å². The normalized spacial score (nSPS) is 11.6. The number of aromatic nitrogens is 3. The van der Waals surface area contributed by atoms with Crippen LogP contribution in [0.1, 0.15) is 12.5 Å². The van der Waals surface area contributed by atoms with Crippen LogP contribution in [0.15, 0.2) is 53.2 Å². The maximum absolute atomic E-state index is 14.0. The second-order valence-electron chi connectivity index (χ2n) is 6.63. The standard InChI is InChI=1S/C20H21F2N5O3S/c1-3-30-20(28)27-31(2,29)11-13-5-4-6-15(9-13)25-19-24-12-23-18(26-19)16-8-7-14(21)10-17(16)22/h4-10,12,31H,3,11H2,1-2H3,(H,27,28,29)(H,23,24,25,26). The predicted molar refractivity (Wildman–Crippen MR) is 115 cm³/mol. The number of carbonyl (C=O) groups excluding carboxylic acids is 1. The second-order valence-corrected chi connectivity index (χ2v) is 9.32. The average molecular weight is 449 g/mol. The largest absolute Gasteiger partial charge is 0.448 e. The highest BCUT2D eigenvalue weighted by molar-refractivity contribution is 7.98. The number of amides is 1. The van der Waals surface area contributed by atoms with E-state index in [4.69, 9.17) is 4.74 Å². The molecule has 0 radical (unpaired) electrons. The SMILES string of the molecule is CCOC(=O)N=[SH](C)(O)Cc1cccc(Nc2ncnc(-c3ccc(F)cc3F)n2)c1. The summed E-state index contributed by atoms with van der Waals surface area (Å²) in [6.07, 6.45) is 1.94. The Kier molecular flexibility index (Phi) is 6.98. The van der Waals surface area contributed by atoms with Gasteiger partial charge in [0.2, 0.25) is 5.95 Å². The van der Waals surface area contributed by atoms with Crippen molar-refractivity contribution in [2.24, 2.45) is 4.36 Å². The molecule has 0 saturated heterocycles. The first kappa shape index (κ1) is 22.4. The summed E-state index contributed by atoms with van der Waals surface area (Å²) in [5, 5.41) is 2.98. The van der Waals surface area contributed by atoms with Crippen LogP contribution in [0.3, 0.4) is 0 Å². The molecule has 3 rings (SSSR count). The van der Waals surface area contributed by atoms with Crippen molar-refractivity contribution in [3.63, 3.8) is 0 Å². The number of rotatable bonds is 6. The lowest BCUT2D eigenvalue weighted by Gasteiger charge is -2.18. The summed E-state index contributed by atoms with van der Waals surface area (Å²) < 4.78 is 46.2. The topological polar surface area (TPSA) is 110 Å². The van der Waals surface area contributed by atoms with E-state index < -0.39 is 27.8 Å². The highest BCUT2D eigenvalue weighted by Gasteiger charge is 2.12. The number of ether oxygens (including phenoxy) is 1. The molecule has 0 saturated carbocycles. The van der Waals surface area contributed by atoms with Crippen molar-refractivity contribution < 1.29 is 22.9 Å². The van der Waals surface area contributed by atoms with Gasteiger partial charge in [-0.05, 0) is 43.0 Å². The van der Waals surface area contributed by atoms with Gasteiger partial charge in [-0.2, -0.15) is 9.35 Å². The molecule has 2 N–H and O–H groups in total. The quantitative estimate of drug-likeness (QED) is 0.479. The molecule has 1 heterocycles. The molecule has 0 atom stereocenters. The number of carbonyl (C=O) groups is 1. The first-order valence-electron chi connectivity index (χ1n) is 9.24. The van der Waals surface area contributed by atoms with Crippen molar-refractivity contribution in [2.45, 2.75) is 12.7 Å². The van der Waals surface area contributed by atoms with Gasteiger partial charge >= 0.3 is 6.09 Å². The fourth-order valence-corrected chi connectivity index (χ4v) is 4.11. The smallest absolute Gasteiger partial charge is 0.439 e. The molecule has 0 spiro atoms. The third kappa shape index (κ3) is 6.33. The van der Waals surface area contributed by atoms with Crippen molar-refractivity contribution >= 4 is 27.8 Å². The van der Waals surface area contributed by atoms with E-state index in [1.165, 1.54) is 18.6 Å². The maximum Gasteiger partial charge on any atom is 0.439 e. The number of anilines is 2. The minimum absolute atomic E-state index is 0.0435. The van der Waals surface area contributed by atoms with Gasteiger partial charge in [0.1, 0.15) is 18.0 Å². The first-order valence-corrected chi connectivity index (χ1v) is 11.6. The Bertz CT molecular complexity index is 1150. The number of hydrogen-bond donors (Lipinski definition) is 3. The summed E-state index contributed by atoms with van der Waals surface area (Å²) in [7, 11) is -2.90. The number of nitrogens with zero attached hydrogens (tertiary/aromatic N) is 4. The summed E-state index contributed by atoms with van der Waals surface area (Å²) in [6, 6.07) is 10.2. The summed E-state index contributed by atoms with van der Waals surface area (Å²) in [4.78, 5) is 23.7. The molecule has 1 amide bonds. The zero-order valence-electron chi connectivity index (χ0n) is 16.8. The zero-order valence-corrected chi connectivity index (χ0v) is 17.7. The van der Waals surface area contributed by atoms with Crippen molar-refractivity contribution in [1.29, 1.82) is 0 Å². The molecule has 0 unspecified atom stereocenters. The minimum Gasteiger partial charge on any atom is -0.448 e. The van der Waals surface area contributed by atoms with Gasteiger partial charge in [0.15, 0.2) is 5.82 Å². The molecule has 0 aliphatic heterocycles. The number of nitrogens with one attached hydrogen (secondary N) is 1. The molecule has 2 aromatic carbocycles. The van der Waals surface area contributed by atoms with Crippen LogP contribution in [0.2, 0.25) is 0 Å². The number of hydrogen-bond acceptors (Lipinski definition) is 6. The lowest BCUT2D eigenvalue weighted by molar-refractivity contribution is 0.164. The minimum atomic E-state index is -2.90. The molecule has 164 valence electrons. The number of halogens is 2. The third-order valence-electron chi connectivity index (χ3n) is 3.97. The Morgan fingerprint density at radius 2 is 2.03 bits per heavy atom. The van der Waals surface area contributed by atoms with Crippen LogP contribution < -0.4 is 5.32 Å². The van der Waals surface area contributed by atoms with Crippen LogP contribution in [0, 0.1) is 11.6 Å². The highest BCUT2D eigenvalue weighted by atomic mass is 32.3. The average Bonchev–Trinajstić information content (AvgIpc) is 2.67. The highest BCUT2D eigenvalue weighted by Crippen LogP contribution is 2.22. The molecular formula is C20H21F2N5O3S. The van der Waals surface area contributed by atoms with Gasteiger partial charge < -0.3 is 14.6 Å². The summed E-state index contributed by atoms with van der Waals surface area (Å²) in [5.74, 6) is -1.10. The third-order valence-corrected chi connectivity index (χ3v) is 5.53. The lowest BCUT2D eigenvalue weighted by Crippen LogP contribution is -2.14. The van der Waals surface area contributed by atoms with Gasteiger partial charge in [-0.15, -0.1) is 0 Å². The Balaban J connectivity index is 1.79. The van der Waals surface area contributed by atoms with Crippen molar-refractivity contribution in [2.75, 3.05) is 18.2 Å². The van der Waals surface area contributed by atoms with E-state index in [0.717, 1.165) is 17.7 Å². The van der Waals surface area contributed by atoms with Crippen molar-refractivity contribution in [1.82, 2.24) is 15.0 Å². The fraction of sp³-hybridized carbons (Fsp3) is 0.200. The van der Waals surface area contributed by atoms with E-state index in [2.05, 4.69) is 24.6 Å². The monoisotopic (exact) mass is 449 g/mol. The molecule has 1 aromatic heterocycles. The Morgan fingerprint density at radius 1 is 1.23 bits per heavy atom. The van der Waals surface area contributed by atoms with E-state index in [0.29, 0.717) is 5.69 Å². The van der Waals surface area contributed by atoms with Gasteiger partial charge in [-0.3, -0.25) is 0 Å². The fourth-order valence-electron chi connectivity index (χ4n) is 2.74. The van der Waals surface area contributed by atoms with E-state index in [1.54, 1.807) is 31.2 Å². The number of benzene rings is 2. The van der Waals surface area contributed by atoms with E-state index >= 15 is 0 Å². The summed E-state index contributed by atoms with van der Waals surface area (Å²) in [5.41, 5.74) is 1.38. The van der Waals surface area contributed by atoms with Crippen LogP contribution in [0.4, 0.5) is 25.2 Å². The molecule has 11 heteroatoms. The summed E-state index contributed by atoms with van der Waals surface area (Å²) in [6.45, 7) is 1.84. The summed E-state index contributed by atoms with van der Waals surface area (Å²) >= 11 is 0. The molecule has 31 heavy (non-hydrogen) atoms. The van der Waals surface area contributed by atoms with Gasteiger partial charge in [0.05, 0.1) is 12.2 Å². The molecule has 0 fully saturated rings. The Morgan fingerprint density at radius 3 is 2.77 bits per heavy atom. The first-order chi connectivity index (χ1) is 14.8. The zero-order chi connectivity index (χ0) is 22.4. The van der Waals surface area contributed by atoms with Crippen molar-refractivity contribution in [3.8, 4) is 11.4 Å². The number of thiol groups is 1. The van der Waals surface area contributed by atoms with Gasteiger partial charge in [-0.1, -0.05) is 22.2 Å². The lowest BCUT2D eigenvalue weighted by atomic mass is 10.2. The molecule has 8 nitrogen and oxygen atoms in total. The Hall–Kier alpha value is -3.31. The maximum atomic E-state index is 14.0. The van der Waals surface area contributed by atoms with Crippen LogP contribution in [-0.4, -0.2) is 38.5 Å².